The number of nitrogens with zero attached hydrogens (tertiary/aromatic N) is 2. The topological polar surface area (TPSA) is 93.2 Å². The Morgan fingerprint density at radius 3 is 2.50 bits per heavy atom. The van der Waals surface area contributed by atoms with Crippen LogP contribution in [0, 0.1) is 5.82 Å². The maximum Gasteiger partial charge on any atom is 0.320 e. The number of carbonyl (C=O) groups excluding carboxylic acids is 1. The Morgan fingerprint density at radius 1 is 1.12 bits per heavy atom. The molecule has 0 aliphatic heterocycles. The van der Waals surface area contributed by atoms with Gasteiger partial charge in [0.1, 0.15) is 17.3 Å². The van der Waals surface area contributed by atoms with Gasteiger partial charge in [0.05, 0.1) is 6.54 Å². The van der Waals surface area contributed by atoms with Crippen molar-refractivity contribution in [2.75, 3.05) is 5.32 Å². The van der Waals surface area contributed by atoms with Crippen molar-refractivity contribution in [3.05, 3.63) is 53.7 Å². The number of hydrogen-bond acceptors (Lipinski definition) is 5. The molecule has 0 radical (unpaired) electrons. The fraction of sp³-hybridized carbons (Fsp3) is 0.278. The third-order valence-corrected chi connectivity index (χ3v) is 3.61. The summed E-state index contributed by atoms with van der Waals surface area (Å²) in [6.45, 7) is 6.13. The van der Waals surface area contributed by atoms with Crippen molar-refractivity contribution in [3.8, 4) is 11.3 Å². The molecule has 26 heavy (non-hydrogen) atoms. The summed E-state index contributed by atoms with van der Waals surface area (Å²) >= 11 is 0. The molecule has 8 heteroatoms. The van der Waals surface area contributed by atoms with Crippen molar-refractivity contribution in [2.24, 2.45) is 0 Å². The van der Waals surface area contributed by atoms with Crippen LogP contribution in [0.3, 0.4) is 0 Å². The summed E-state index contributed by atoms with van der Waals surface area (Å²) < 4.78 is 23.4. The van der Waals surface area contributed by atoms with Crippen molar-refractivity contribution in [3.63, 3.8) is 0 Å². The van der Waals surface area contributed by atoms with E-state index in [4.69, 9.17) is 9.05 Å². The average molecular weight is 358 g/mol. The molecule has 0 fully saturated rings. The standard InChI is InChI=1S/C18H19FN4O3/c1-18(2,3)15-9-16(23-26-15)21-17(24)20-10-13-8-14(25-22-13)11-4-6-12(19)7-5-11/h4-9H,10H2,1-3H3,(H2,20,21,23,24). The number of rotatable bonds is 4. The summed E-state index contributed by atoms with van der Waals surface area (Å²) in [7, 11) is 0. The first-order valence-electron chi connectivity index (χ1n) is 8.05. The molecule has 0 bridgehead atoms. The molecule has 0 aliphatic rings. The van der Waals surface area contributed by atoms with Gasteiger partial charge in [-0.25, -0.2) is 9.18 Å². The quantitative estimate of drug-likeness (QED) is 0.733. The van der Waals surface area contributed by atoms with Crippen LogP contribution in [-0.2, 0) is 12.0 Å². The number of aromatic nitrogens is 2. The normalized spacial score (nSPS) is 11.4. The van der Waals surface area contributed by atoms with Gasteiger partial charge >= 0.3 is 6.03 Å². The fourth-order valence-electron chi connectivity index (χ4n) is 2.16. The lowest BCUT2D eigenvalue weighted by Crippen LogP contribution is -2.28. The van der Waals surface area contributed by atoms with E-state index in [9.17, 15) is 9.18 Å². The van der Waals surface area contributed by atoms with Gasteiger partial charge in [0.2, 0.25) is 0 Å². The lowest BCUT2D eigenvalue weighted by atomic mass is 9.93. The summed E-state index contributed by atoms with van der Waals surface area (Å²) in [5.74, 6) is 1.18. The molecule has 3 aromatic rings. The molecule has 1 aromatic carbocycles. The van der Waals surface area contributed by atoms with Gasteiger partial charge in [0.15, 0.2) is 11.6 Å². The van der Waals surface area contributed by atoms with Crippen molar-refractivity contribution >= 4 is 11.8 Å². The highest BCUT2D eigenvalue weighted by Gasteiger charge is 2.20. The van der Waals surface area contributed by atoms with Crippen LogP contribution in [0.4, 0.5) is 15.0 Å². The van der Waals surface area contributed by atoms with Gasteiger partial charge in [-0.15, -0.1) is 0 Å². The number of amides is 2. The Kier molecular flexibility index (Phi) is 4.75. The molecular formula is C18H19FN4O3. The summed E-state index contributed by atoms with van der Waals surface area (Å²) in [4.78, 5) is 12.0. The Hall–Kier alpha value is -3.16. The van der Waals surface area contributed by atoms with Gasteiger partial charge < -0.3 is 14.4 Å². The second kappa shape index (κ2) is 6.99. The molecule has 0 atom stereocenters. The third-order valence-electron chi connectivity index (χ3n) is 3.61. The molecule has 3 rings (SSSR count). The average Bonchev–Trinajstić information content (AvgIpc) is 3.22. The van der Waals surface area contributed by atoms with Crippen LogP contribution in [0.5, 0.6) is 0 Å². The monoisotopic (exact) mass is 358 g/mol. The van der Waals surface area contributed by atoms with Gasteiger partial charge in [-0.05, 0) is 24.3 Å². The first kappa shape index (κ1) is 17.7. The summed E-state index contributed by atoms with van der Waals surface area (Å²) in [5.41, 5.74) is 1.04. The van der Waals surface area contributed by atoms with E-state index in [-0.39, 0.29) is 17.8 Å². The molecule has 0 saturated carbocycles. The highest BCUT2D eigenvalue weighted by molar-refractivity contribution is 5.88. The number of halogens is 1. The zero-order chi connectivity index (χ0) is 18.7. The van der Waals surface area contributed by atoms with Crippen molar-refractivity contribution < 1.29 is 18.2 Å². The van der Waals surface area contributed by atoms with Gasteiger partial charge in [-0.3, -0.25) is 5.32 Å². The highest BCUT2D eigenvalue weighted by atomic mass is 19.1. The predicted octanol–water partition coefficient (Wildman–Crippen LogP) is 4.09. The van der Waals surface area contributed by atoms with Crippen LogP contribution in [0.15, 0.2) is 45.4 Å². The Morgan fingerprint density at radius 2 is 1.85 bits per heavy atom. The lowest BCUT2D eigenvalue weighted by Gasteiger charge is -2.12. The van der Waals surface area contributed by atoms with E-state index in [2.05, 4.69) is 20.9 Å². The first-order chi connectivity index (χ1) is 12.3. The number of hydrogen-bond donors (Lipinski definition) is 2. The van der Waals surface area contributed by atoms with Crippen LogP contribution in [0.1, 0.15) is 32.2 Å². The Labute approximate surface area is 149 Å². The molecule has 0 aliphatic carbocycles. The first-order valence-corrected chi connectivity index (χ1v) is 8.05. The smallest absolute Gasteiger partial charge is 0.320 e. The zero-order valence-corrected chi connectivity index (χ0v) is 14.7. The maximum absolute atomic E-state index is 13.0. The van der Waals surface area contributed by atoms with Gasteiger partial charge in [-0.1, -0.05) is 31.1 Å². The Balaban J connectivity index is 1.55. The number of benzene rings is 1. The molecule has 2 amide bonds. The summed E-state index contributed by atoms with van der Waals surface area (Å²) in [6.07, 6.45) is 0. The van der Waals surface area contributed by atoms with E-state index in [1.54, 1.807) is 24.3 Å². The minimum Gasteiger partial charge on any atom is -0.359 e. The summed E-state index contributed by atoms with van der Waals surface area (Å²) in [5, 5.41) is 13.0. The van der Waals surface area contributed by atoms with Crippen molar-refractivity contribution in [2.45, 2.75) is 32.7 Å². The van der Waals surface area contributed by atoms with Crippen LogP contribution in [0.25, 0.3) is 11.3 Å². The Bertz CT molecular complexity index is 894. The zero-order valence-electron chi connectivity index (χ0n) is 14.7. The second-order valence-electron chi connectivity index (χ2n) is 6.82. The van der Waals surface area contributed by atoms with Crippen LogP contribution < -0.4 is 10.6 Å². The van der Waals surface area contributed by atoms with Crippen LogP contribution >= 0.6 is 0 Å². The van der Waals surface area contributed by atoms with E-state index in [0.29, 0.717) is 28.6 Å². The predicted molar refractivity (Wildman–Crippen MR) is 93.0 cm³/mol. The highest BCUT2D eigenvalue weighted by Crippen LogP contribution is 2.24. The third kappa shape index (κ3) is 4.27. The van der Waals surface area contributed by atoms with Crippen LogP contribution in [0.2, 0.25) is 0 Å². The van der Waals surface area contributed by atoms with Crippen molar-refractivity contribution in [1.82, 2.24) is 15.6 Å². The lowest BCUT2D eigenvalue weighted by molar-refractivity contribution is 0.251. The molecule has 2 N–H and O–H groups in total. The van der Waals surface area contributed by atoms with E-state index < -0.39 is 6.03 Å². The number of nitrogens with one attached hydrogen (secondary N) is 2. The number of urea groups is 1. The molecule has 0 unspecified atom stereocenters. The molecule has 0 saturated heterocycles. The molecule has 136 valence electrons. The van der Waals surface area contributed by atoms with Gasteiger partial charge in [0.25, 0.3) is 0 Å². The SMILES string of the molecule is CC(C)(C)c1cc(NC(=O)NCc2cc(-c3ccc(F)cc3)on2)no1. The fourth-order valence-corrected chi connectivity index (χ4v) is 2.16. The van der Waals surface area contributed by atoms with E-state index >= 15 is 0 Å². The summed E-state index contributed by atoms with van der Waals surface area (Å²) in [6, 6.07) is 8.79. The van der Waals surface area contributed by atoms with E-state index in [0.717, 1.165) is 0 Å². The number of carbonyl (C=O) groups is 1. The van der Waals surface area contributed by atoms with E-state index in [1.807, 2.05) is 20.8 Å². The molecule has 2 heterocycles. The number of anilines is 1. The van der Waals surface area contributed by atoms with Crippen LogP contribution in [-0.4, -0.2) is 16.3 Å². The molecular weight excluding hydrogens is 339 g/mol. The van der Waals surface area contributed by atoms with Crippen molar-refractivity contribution in [1.29, 1.82) is 0 Å². The molecule has 2 aromatic heterocycles. The minimum absolute atomic E-state index is 0.167. The largest absolute Gasteiger partial charge is 0.359 e. The van der Waals surface area contributed by atoms with E-state index in [1.165, 1.54) is 12.1 Å². The maximum atomic E-state index is 13.0. The van der Waals surface area contributed by atoms with Gasteiger partial charge in [0, 0.05) is 23.1 Å². The molecule has 0 spiro atoms. The second-order valence-corrected chi connectivity index (χ2v) is 6.82. The van der Waals surface area contributed by atoms with Gasteiger partial charge in [-0.2, -0.15) is 0 Å². The molecule has 7 nitrogen and oxygen atoms in total. The minimum atomic E-state index is -0.440.